The number of carbonyl (C=O) groups excluding carboxylic acids is 3. The van der Waals surface area contributed by atoms with Gasteiger partial charge in [-0.05, 0) is 32.4 Å². The number of ether oxygens (including phenoxy) is 5. The van der Waals surface area contributed by atoms with E-state index in [2.05, 4.69) is 0 Å². The highest BCUT2D eigenvalue weighted by Gasteiger charge is 2.44. The van der Waals surface area contributed by atoms with Gasteiger partial charge in [0.25, 0.3) is 0 Å². The van der Waals surface area contributed by atoms with E-state index in [-0.39, 0.29) is 13.0 Å². The summed E-state index contributed by atoms with van der Waals surface area (Å²) in [4.78, 5) is 40.5. The molecule has 0 radical (unpaired) electrons. The molecule has 0 aliphatic carbocycles. The van der Waals surface area contributed by atoms with Crippen LogP contribution in [-0.2, 0) is 32.1 Å². The van der Waals surface area contributed by atoms with Gasteiger partial charge in [-0.15, -0.1) is 0 Å². The Bertz CT molecular complexity index is 925. The van der Waals surface area contributed by atoms with Gasteiger partial charge in [0.2, 0.25) is 0 Å². The molecular formula is C22H28N2O8. The fraction of sp³-hybridized carbons (Fsp3) is 0.591. The number of likely N-dealkylation sites (tertiary alicyclic amines) is 1. The summed E-state index contributed by atoms with van der Waals surface area (Å²) < 4.78 is 27.2. The molecule has 0 saturated carbocycles. The lowest BCUT2D eigenvalue weighted by Gasteiger charge is -2.27. The molecule has 10 nitrogen and oxygen atoms in total. The second-order valence-corrected chi connectivity index (χ2v) is 9.00. The summed E-state index contributed by atoms with van der Waals surface area (Å²) in [6.45, 7) is 6.95. The quantitative estimate of drug-likeness (QED) is 0.502. The van der Waals surface area contributed by atoms with Crippen LogP contribution < -0.4 is 9.47 Å². The molecule has 2 atom stereocenters. The van der Waals surface area contributed by atoms with Crippen LogP contribution in [0, 0.1) is 0 Å². The summed E-state index contributed by atoms with van der Waals surface area (Å²) in [7, 11) is 1.25. The highest BCUT2D eigenvalue weighted by Crippen LogP contribution is 2.40. The zero-order valence-corrected chi connectivity index (χ0v) is 18.7. The standard InChI is InChI=1S/C22H28N2O8/c1-22(2,3)32-21(27)24-11-14(9-16(24)19(25)28-4)31-20(26)23-10-13-5-6-17-18(15(13)12-23)30-8-7-29-17/h5-6,14,16H,7-12H2,1-4H3/t14-,16+/m1/s1. The molecule has 0 aromatic heterocycles. The molecule has 0 bridgehead atoms. The van der Waals surface area contributed by atoms with Crippen molar-refractivity contribution in [1.29, 1.82) is 0 Å². The highest BCUT2D eigenvalue weighted by atomic mass is 16.6. The summed E-state index contributed by atoms with van der Waals surface area (Å²) in [6.07, 6.45) is -1.68. The molecule has 32 heavy (non-hydrogen) atoms. The zero-order chi connectivity index (χ0) is 23.0. The monoisotopic (exact) mass is 448 g/mol. The Morgan fingerprint density at radius 1 is 1.06 bits per heavy atom. The van der Waals surface area contributed by atoms with E-state index in [0.717, 1.165) is 11.1 Å². The number of hydrogen-bond acceptors (Lipinski definition) is 8. The van der Waals surface area contributed by atoms with Crippen molar-refractivity contribution in [2.75, 3.05) is 26.9 Å². The lowest BCUT2D eigenvalue weighted by molar-refractivity contribution is -0.145. The van der Waals surface area contributed by atoms with Crippen molar-refractivity contribution in [2.45, 2.75) is 58.0 Å². The third-order valence-corrected chi connectivity index (χ3v) is 5.51. The number of methoxy groups -OCH3 is 1. The van der Waals surface area contributed by atoms with E-state index < -0.39 is 35.9 Å². The van der Waals surface area contributed by atoms with Gasteiger partial charge in [-0.3, -0.25) is 9.80 Å². The maximum Gasteiger partial charge on any atom is 0.411 e. The SMILES string of the molecule is COC(=O)[C@@H]1C[C@@H](OC(=O)N2Cc3ccc4c(c3C2)OCCO4)CN1C(=O)OC(C)(C)C. The van der Waals surface area contributed by atoms with Crippen LogP contribution in [0.3, 0.4) is 0 Å². The van der Waals surface area contributed by atoms with Gasteiger partial charge < -0.3 is 23.7 Å². The maximum atomic E-state index is 12.9. The van der Waals surface area contributed by atoms with Gasteiger partial charge in [0.05, 0.1) is 20.2 Å². The molecule has 174 valence electrons. The van der Waals surface area contributed by atoms with Gasteiger partial charge in [0.15, 0.2) is 11.5 Å². The zero-order valence-electron chi connectivity index (χ0n) is 18.7. The largest absolute Gasteiger partial charge is 0.486 e. The molecule has 0 unspecified atom stereocenters. The number of amides is 2. The lowest BCUT2D eigenvalue weighted by atomic mass is 10.1. The number of benzene rings is 1. The van der Waals surface area contributed by atoms with Crippen molar-refractivity contribution in [3.8, 4) is 11.5 Å². The van der Waals surface area contributed by atoms with E-state index in [1.54, 1.807) is 25.7 Å². The third kappa shape index (κ3) is 4.39. The van der Waals surface area contributed by atoms with Crippen molar-refractivity contribution < 1.29 is 38.1 Å². The van der Waals surface area contributed by atoms with Crippen LogP contribution >= 0.6 is 0 Å². The molecule has 2 amide bonds. The van der Waals surface area contributed by atoms with E-state index in [1.807, 2.05) is 12.1 Å². The summed E-state index contributed by atoms with van der Waals surface area (Å²) >= 11 is 0. The molecule has 10 heteroatoms. The van der Waals surface area contributed by atoms with Gasteiger partial charge in [0.1, 0.15) is 31.0 Å². The first-order chi connectivity index (χ1) is 15.2. The smallest absolute Gasteiger partial charge is 0.411 e. The van der Waals surface area contributed by atoms with Crippen LogP contribution in [0.5, 0.6) is 11.5 Å². The minimum absolute atomic E-state index is 0.0492. The molecule has 1 fully saturated rings. The van der Waals surface area contributed by atoms with Crippen molar-refractivity contribution in [1.82, 2.24) is 9.80 Å². The van der Waals surface area contributed by atoms with Crippen LogP contribution in [0.4, 0.5) is 9.59 Å². The van der Waals surface area contributed by atoms with Crippen molar-refractivity contribution >= 4 is 18.2 Å². The van der Waals surface area contributed by atoms with Crippen LogP contribution in [0.1, 0.15) is 38.3 Å². The first-order valence-electron chi connectivity index (χ1n) is 10.6. The van der Waals surface area contributed by atoms with E-state index in [4.69, 9.17) is 23.7 Å². The molecule has 0 spiro atoms. The Kier molecular flexibility index (Phi) is 5.79. The molecule has 1 aromatic carbocycles. The number of fused-ring (bicyclic) bond motifs is 3. The van der Waals surface area contributed by atoms with Crippen LogP contribution in [-0.4, -0.2) is 72.6 Å². The lowest BCUT2D eigenvalue weighted by Crippen LogP contribution is -2.44. The van der Waals surface area contributed by atoms with Crippen LogP contribution in [0.2, 0.25) is 0 Å². The number of nitrogens with zero attached hydrogens (tertiary/aromatic N) is 2. The molecule has 1 saturated heterocycles. The third-order valence-electron chi connectivity index (χ3n) is 5.51. The molecular weight excluding hydrogens is 420 g/mol. The van der Waals surface area contributed by atoms with E-state index in [0.29, 0.717) is 37.8 Å². The van der Waals surface area contributed by atoms with Crippen molar-refractivity contribution in [3.05, 3.63) is 23.3 Å². The Morgan fingerprint density at radius 3 is 2.53 bits per heavy atom. The van der Waals surface area contributed by atoms with Gasteiger partial charge in [-0.1, -0.05) is 6.07 Å². The number of rotatable bonds is 2. The van der Waals surface area contributed by atoms with E-state index in [9.17, 15) is 14.4 Å². The van der Waals surface area contributed by atoms with Crippen molar-refractivity contribution in [3.63, 3.8) is 0 Å². The average Bonchev–Trinajstić information content (AvgIpc) is 3.36. The molecule has 3 aliphatic heterocycles. The second-order valence-electron chi connectivity index (χ2n) is 9.00. The predicted octanol–water partition coefficient (Wildman–Crippen LogP) is 2.46. The normalized spacial score (nSPS) is 21.8. The van der Waals surface area contributed by atoms with Gasteiger partial charge in [-0.25, -0.2) is 14.4 Å². The minimum Gasteiger partial charge on any atom is -0.486 e. The van der Waals surface area contributed by atoms with E-state index in [1.165, 1.54) is 12.0 Å². The Morgan fingerprint density at radius 2 is 1.81 bits per heavy atom. The number of carbonyl (C=O) groups is 3. The fourth-order valence-corrected chi connectivity index (χ4v) is 4.10. The first-order valence-corrected chi connectivity index (χ1v) is 10.6. The van der Waals surface area contributed by atoms with Gasteiger partial charge in [-0.2, -0.15) is 0 Å². The highest BCUT2D eigenvalue weighted by molar-refractivity contribution is 5.82. The molecule has 3 aliphatic rings. The first kappa shape index (κ1) is 22.0. The van der Waals surface area contributed by atoms with Crippen LogP contribution in [0.15, 0.2) is 12.1 Å². The van der Waals surface area contributed by atoms with E-state index >= 15 is 0 Å². The molecule has 1 aromatic rings. The van der Waals surface area contributed by atoms with Gasteiger partial charge >= 0.3 is 18.2 Å². The summed E-state index contributed by atoms with van der Waals surface area (Å²) in [6, 6.07) is 2.89. The Balaban J connectivity index is 1.42. The second kappa shape index (κ2) is 8.40. The Hall–Kier alpha value is -3.17. The van der Waals surface area contributed by atoms with Crippen LogP contribution in [0.25, 0.3) is 0 Å². The van der Waals surface area contributed by atoms with Crippen molar-refractivity contribution in [2.24, 2.45) is 0 Å². The molecule has 0 N–H and O–H groups in total. The number of hydrogen-bond donors (Lipinski definition) is 0. The summed E-state index contributed by atoms with van der Waals surface area (Å²) in [5.74, 6) is 0.772. The Labute approximate surface area is 186 Å². The predicted molar refractivity (Wildman–Crippen MR) is 110 cm³/mol. The summed E-state index contributed by atoms with van der Waals surface area (Å²) in [5.41, 5.74) is 1.16. The average molecular weight is 448 g/mol. The number of esters is 1. The van der Waals surface area contributed by atoms with Gasteiger partial charge in [0, 0.05) is 18.5 Å². The maximum absolute atomic E-state index is 12.9. The minimum atomic E-state index is -0.874. The molecule has 3 heterocycles. The topological polar surface area (TPSA) is 104 Å². The summed E-state index contributed by atoms with van der Waals surface area (Å²) in [5, 5.41) is 0. The fourth-order valence-electron chi connectivity index (χ4n) is 4.10. The molecule has 4 rings (SSSR count).